The molecule has 5 heteroatoms. The highest BCUT2D eigenvalue weighted by molar-refractivity contribution is 5.73. The van der Waals surface area contributed by atoms with Crippen LogP contribution in [-0.2, 0) is 4.79 Å². The van der Waals surface area contributed by atoms with E-state index in [2.05, 4.69) is 24.3 Å². The Kier molecular flexibility index (Phi) is 4.07. The van der Waals surface area contributed by atoms with Crippen molar-refractivity contribution < 1.29 is 9.90 Å². The molecule has 88 valence electrons. The van der Waals surface area contributed by atoms with Crippen molar-refractivity contribution in [3.63, 3.8) is 0 Å². The molecule has 0 amide bonds. The van der Waals surface area contributed by atoms with Gasteiger partial charge in [0.2, 0.25) is 0 Å². The van der Waals surface area contributed by atoms with Crippen LogP contribution in [-0.4, -0.2) is 54.7 Å². The highest BCUT2D eigenvalue weighted by Gasteiger charge is 2.38. The molecule has 1 aliphatic carbocycles. The van der Waals surface area contributed by atoms with Gasteiger partial charge in [-0.15, -0.1) is 0 Å². The number of rotatable bonds is 6. The van der Waals surface area contributed by atoms with Gasteiger partial charge in [-0.25, -0.2) is 0 Å². The Morgan fingerprint density at radius 2 is 2.20 bits per heavy atom. The summed E-state index contributed by atoms with van der Waals surface area (Å²) in [6.45, 7) is 1.16. The van der Waals surface area contributed by atoms with E-state index >= 15 is 0 Å². The summed E-state index contributed by atoms with van der Waals surface area (Å²) in [7, 11) is 4.13. The Morgan fingerprint density at radius 1 is 1.60 bits per heavy atom. The summed E-state index contributed by atoms with van der Waals surface area (Å²) in [6.07, 6.45) is 3.61. The fraction of sp³-hybridized carbons (Fsp3) is 0.900. The Morgan fingerprint density at radius 3 is 2.53 bits per heavy atom. The topological polar surface area (TPSA) is 78.6 Å². The summed E-state index contributed by atoms with van der Waals surface area (Å²) in [5.74, 6) is -0.949. The van der Waals surface area contributed by atoms with E-state index in [4.69, 9.17) is 10.8 Å². The predicted octanol–water partition coefficient (Wildman–Crippen LogP) is -0.528. The van der Waals surface area contributed by atoms with Crippen LogP contribution >= 0.6 is 0 Å². The third kappa shape index (κ3) is 2.90. The predicted molar refractivity (Wildman–Crippen MR) is 58.7 cm³/mol. The minimum Gasteiger partial charge on any atom is -0.480 e. The van der Waals surface area contributed by atoms with E-state index < -0.39 is 12.0 Å². The van der Waals surface area contributed by atoms with E-state index in [1.165, 1.54) is 19.3 Å². The Hall–Kier alpha value is -0.650. The molecule has 1 unspecified atom stereocenters. The first-order chi connectivity index (χ1) is 6.98. The van der Waals surface area contributed by atoms with E-state index in [0.717, 1.165) is 6.54 Å². The zero-order valence-electron chi connectivity index (χ0n) is 9.49. The zero-order chi connectivity index (χ0) is 11.5. The number of carbonyl (C=O) groups is 1. The summed E-state index contributed by atoms with van der Waals surface area (Å²) < 4.78 is 0. The molecule has 0 bridgehead atoms. The molecule has 0 aliphatic heterocycles. The van der Waals surface area contributed by atoms with Crippen LogP contribution in [0.1, 0.15) is 19.3 Å². The van der Waals surface area contributed by atoms with Crippen LogP contribution in [0.25, 0.3) is 0 Å². The number of likely N-dealkylation sites (N-methyl/N-ethyl adjacent to an activating group) is 1. The van der Waals surface area contributed by atoms with E-state index in [0.29, 0.717) is 6.54 Å². The van der Waals surface area contributed by atoms with E-state index in [1.54, 1.807) is 0 Å². The lowest BCUT2D eigenvalue weighted by Gasteiger charge is -2.47. The van der Waals surface area contributed by atoms with E-state index in [-0.39, 0.29) is 5.54 Å². The second kappa shape index (κ2) is 4.92. The minimum absolute atomic E-state index is 0.220. The molecule has 1 fully saturated rings. The van der Waals surface area contributed by atoms with Gasteiger partial charge in [-0.3, -0.25) is 4.79 Å². The monoisotopic (exact) mass is 215 g/mol. The summed E-state index contributed by atoms with van der Waals surface area (Å²) in [5.41, 5.74) is 5.63. The normalized spacial score (nSPS) is 21.1. The largest absolute Gasteiger partial charge is 0.480 e. The number of nitrogens with zero attached hydrogens (tertiary/aromatic N) is 1. The number of carboxylic acid groups (broad SMARTS) is 1. The first kappa shape index (κ1) is 12.4. The number of hydrogen-bond donors (Lipinski definition) is 3. The molecule has 0 radical (unpaired) electrons. The highest BCUT2D eigenvalue weighted by Crippen LogP contribution is 2.35. The van der Waals surface area contributed by atoms with Crippen LogP contribution < -0.4 is 11.1 Å². The first-order valence-corrected chi connectivity index (χ1v) is 5.34. The summed E-state index contributed by atoms with van der Waals surface area (Å²) >= 11 is 0. The SMILES string of the molecule is CN(C)C1(CNCC(N)C(=O)O)CCC1. The smallest absolute Gasteiger partial charge is 0.321 e. The highest BCUT2D eigenvalue weighted by atomic mass is 16.4. The van der Waals surface area contributed by atoms with Gasteiger partial charge < -0.3 is 21.1 Å². The maximum atomic E-state index is 10.5. The minimum atomic E-state index is -0.949. The number of carboxylic acids is 1. The van der Waals surface area contributed by atoms with Gasteiger partial charge in [-0.05, 0) is 33.4 Å². The molecule has 0 spiro atoms. The average Bonchev–Trinajstić information content (AvgIpc) is 2.08. The summed E-state index contributed by atoms with van der Waals surface area (Å²) in [5, 5.41) is 11.8. The molecule has 1 aliphatic rings. The fourth-order valence-corrected chi connectivity index (χ4v) is 1.91. The third-order valence-corrected chi connectivity index (χ3v) is 3.37. The molecule has 5 nitrogen and oxygen atoms in total. The van der Waals surface area contributed by atoms with Gasteiger partial charge in [0.1, 0.15) is 6.04 Å². The first-order valence-electron chi connectivity index (χ1n) is 5.34. The second-order valence-electron chi connectivity index (χ2n) is 4.55. The number of nitrogens with one attached hydrogen (secondary N) is 1. The van der Waals surface area contributed by atoms with Gasteiger partial charge in [0, 0.05) is 18.6 Å². The number of hydrogen-bond acceptors (Lipinski definition) is 4. The Balaban J connectivity index is 2.27. The standard InChI is InChI=1S/C10H21N3O2/c1-13(2)10(4-3-5-10)7-12-6-8(11)9(14)15/h8,12H,3-7,11H2,1-2H3,(H,14,15). The van der Waals surface area contributed by atoms with Gasteiger partial charge in [0.15, 0.2) is 0 Å². The van der Waals surface area contributed by atoms with Crippen molar-refractivity contribution in [3.8, 4) is 0 Å². The van der Waals surface area contributed by atoms with Crippen LogP contribution in [0, 0.1) is 0 Å². The number of aliphatic carboxylic acids is 1. The molecule has 1 rings (SSSR count). The lowest BCUT2D eigenvalue weighted by atomic mass is 9.75. The molecular weight excluding hydrogens is 194 g/mol. The summed E-state index contributed by atoms with van der Waals surface area (Å²) in [4.78, 5) is 12.7. The van der Waals surface area contributed by atoms with Crippen molar-refractivity contribution in [1.82, 2.24) is 10.2 Å². The van der Waals surface area contributed by atoms with Crippen LogP contribution in [0.15, 0.2) is 0 Å². The zero-order valence-corrected chi connectivity index (χ0v) is 9.49. The molecule has 0 aromatic carbocycles. The van der Waals surface area contributed by atoms with Crippen molar-refractivity contribution in [2.75, 3.05) is 27.2 Å². The lowest BCUT2D eigenvalue weighted by molar-refractivity contribution is -0.138. The molecule has 0 saturated heterocycles. The van der Waals surface area contributed by atoms with Gasteiger partial charge >= 0.3 is 5.97 Å². The molecule has 0 heterocycles. The van der Waals surface area contributed by atoms with Crippen LogP contribution in [0.4, 0.5) is 0 Å². The molecule has 0 aromatic heterocycles. The Labute approximate surface area is 90.6 Å². The Bertz CT molecular complexity index is 227. The number of nitrogens with two attached hydrogens (primary N) is 1. The lowest BCUT2D eigenvalue weighted by Crippen LogP contribution is -2.57. The molecule has 1 saturated carbocycles. The molecule has 1 atom stereocenters. The maximum Gasteiger partial charge on any atom is 0.321 e. The van der Waals surface area contributed by atoms with Gasteiger partial charge in [0.05, 0.1) is 0 Å². The van der Waals surface area contributed by atoms with Crippen molar-refractivity contribution in [2.45, 2.75) is 30.8 Å². The van der Waals surface area contributed by atoms with Crippen LogP contribution in [0.3, 0.4) is 0 Å². The molecule has 15 heavy (non-hydrogen) atoms. The van der Waals surface area contributed by atoms with E-state index in [9.17, 15) is 4.79 Å². The quantitative estimate of drug-likeness (QED) is 0.555. The van der Waals surface area contributed by atoms with Crippen molar-refractivity contribution in [3.05, 3.63) is 0 Å². The maximum absolute atomic E-state index is 10.5. The molecule has 4 N–H and O–H groups in total. The third-order valence-electron chi connectivity index (χ3n) is 3.37. The van der Waals surface area contributed by atoms with Crippen molar-refractivity contribution >= 4 is 5.97 Å². The molecular formula is C10H21N3O2. The van der Waals surface area contributed by atoms with Gasteiger partial charge in [-0.2, -0.15) is 0 Å². The van der Waals surface area contributed by atoms with Gasteiger partial charge in [-0.1, -0.05) is 0 Å². The van der Waals surface area contributed by atoms with Crippen LogP contribution in [0.2, 0.25) is 0 Å². The second-order valence-corrected chi connectivity index (χ2v) is 4.55. The van der Waals surface area contributed by atoms with E-state index in [1.807, 2.05) is 0 Å². The average molecular weight is 215 g/mol. The summed E-state index contributed by atoms with van der Waals surface area (Å²) in [6, 6.07) is -0.802. The van der Waals surface area contributed by atoms with Crippen molar-refractivity contribution in [2.24, 2.45) is 5.73 Å². The van der Waals surface area contributed by atoms with Gasteiger partial charge in [0.25, 0.3) is 0 Å². The van der Waals surface area contributed by atoms with Crippen molar-refractivity contribution in [1.29, 1.82) is 0 Å². The van der Waals surface area contributed by atoms with Crippen LogP contribution in [0.5, 0.6) is 0 Å². The fourth-order valence-electron chi connectivity index (χ4n) is 1.91. The molecule has 0 aromatic rings.